The lowest BCUT2D eigenvalue weighted by Gasteiger charge is -2.14. The van der Waals surface area contributed by atoms with Crippen molar-refractivity contribution in [3.8, 4) is 17.2 Å². The summed E-state index contributed by atoms with van der Waals surface area (Å²) in [6.07, 6.45) is 1.50. The number of nitrogens with zero attached hydrogens (tertiary/aromatic N) is 1. The van der Waals surface area contributed by atoms with Gasteiger partial charge in [0.2, 0.25) is 5.88 Å². The number of furan rings is 1. The van der Waals surface area contributed by atoms with Crippen LogP contribution >= 0.6 is 0 Å². The Balaban J connectivity index is 1.50. The molecule has 0 saturated heterocycles. The van der Waals surface area contributed by atoms with Gasteiger partial charge in [-0.3, -0.25) is 5.32 Å². The van der Waals surface area contributed by atoms with Crippen LogP contribution in [0.1, 0.15) is 35.1 Å². The molecule has 1 heterocycles. The van der Waals surface area contributed by atoms with Crippen LogP contribution in [0.25, 0.3) is 11.1 Å². The lowest BCUT2D eigenvalue weighted by atomic mass is 9.98. The molecule has 0 radical (unpaired) electrons. The number of nitriles is 1. The van der Waals surface area contributed by atoms with Gasteiger partial charge in [0, 0.05) is 11.5 Å². The number of fused-ring (bicyclic) bond motifs is 3. The average molecular weight is 358 g/mol. The summed E-state index contributed by atoms with van der Waals surface area (Å²) >= 11 is 0. The topological polar surface area (TPSA) is 75.3 Å². The Kier molecular flexibility index (Phi) is 4.39. The van der Waals surface area contributed by atoms with Gasteiger partial charge < -0.3 is 9.15 Å². The summed E-state index contributed by atoms with van der Waals surface area (Å²) in [6, 6.07) is 18.4. The number of rotatable bonds is 4. The van der Waals surface area contributed by atoms with Crippen molar-refractivity contribution in [3.05, 3.63) is 77.0 Å². The minimum absolute atomic E-state index is 0.0126. The highest BCUT2D eigenvalue weighted by Crippen LogP contribution is 2.44. The first-order chi connectivity index (χ1) is 13.2. The van der Waals surface area contributed by atoms with Crippen molar-refractivity contribution in [3.63, 3.8) is 0 Å². The molecule has 1 aliphatic carbocycles. The minimum Gasteiger partial charge on any atom is -0.448 e. The standard InChI is InChI=1S/C22H18N2O3/c1-2-14-12-26-21(19(14)11-23)24-22(25)27-13-20-17-9-5-3-7-15(17)16-8-4-6-10-18(16)20/h3-10,12,20H,2,13H2,1H3,(H,24,25). The van der Waals surface area contributed by atoms with E-state index in [1.165, 1.54) is 17.4 Å². The third-order valence-corrected chi connectivity index (χ3v) is 4.92. The number of carbonyl (C=O) groups excluding carboxylic acids is 1. The molecule has 1 aromatic heterocycles. The largest absolute Gasteiger partial charge is 0.448 e. The fraction of sp³-hybridized carbons (Fsp3) is 0.182. The lowest BCUT2D eigenvalue weighted by Crippen LogP contribution is -2.18. The normalized spacial score (nSPS) is 12.1. The molecule has 0 fully saturated rings. The van der Waals surface area contributed by atoms with E-state index in [1.807, 2.05) is 31.2 Å². The summed E-state index contributed by atoms with van der Waals surface area (Å²) in [5.41, 5.74) is 5.74. The molecule has 0 aliphatic heterocycles. The molecule has 3 aromatic rings. The van der Waals surface area contributed by atoms with Crippen molar-refractivity contribution >= 4 is 12.0 Å². The van der Waals surface area contributed by atoms with Crippen LogP contribution in [-0.4, -0.2) is 12.7 Å². The Morgan fingerprint density at radius 1 is 1.15 bits per heavy atom. The maximum atomic E-state index is 12.3. The van der Waals surface area contributed by atoms with Gasteiger partial charge in [0.1, 0.15) is 18.2 Å². The molecule has 0 atom stereocenters. The van der Waals surface area contributed by atoms with Gasteiger partial charge in [0.25, 0.3) is 0 Å². The minimum atomic E-state index is -0.634. The number of hydrogen-bond acceptors (Lipinski definition) is 4. The Morgan fingerprint density at radius 3 is 2.37 bits per heavy atom. The number of ether oxygens (including phenoxy) is 1. The van der Waals surface area contributed by atoms with Crippen molar-refractivity contribution in [2.75, 3.05) is 11.9 Å². The van der Waals surface area contributed by atoms with Crippen LogP contribution < -0.4 is 5.32 Å². The van der Waals surface area contributed by atoms with E-state index >= 15 is 0 Å². The molecule has 1 amide bonds. The summed E-state index contributed by atoms with van der Waals surface area (Å²) in [6.45, 7) is 2.13. The molecule has 27 heavy (non-hydrogen) atoms. The fourth-order valence-corrected chi connectivity index (χ4v) is 3.60. The summed E-state index contributed by atoms with van der Waals surface area (Å²) < 4.78 is 10.8. The van der Waals surface area contributed by atoms with E-state index in [0.717, 1.165) is 16.7 Å². The van der Waals surface area contributed by atoms with Crippen LogP contribution in [0.3, 0.4) is 0 Å². The van der Waals surface area contributed by atoms with Crippen LogP contribution in [0.15, 0.2) is 59.2 Å². The molecule has 2 aromatic carbocycles. The van der Waals surface area contributed by atoms with Gasteiger partial charge in [0.05, 0.1) is 6.26 Å². The number of hydrogen-bond donors (Lipinski definition) is 1. The SMILES string of the molecule is CCc1coc(NC(=O)OCC2c3ccccc3-c3ccccc32)c1C#N. The summed E-state index contributed by atoms with van der Waals surface area (Å²) in [5, 5.41) is 11.8. The number of aryl methyl sites for hydroxylation is 1. The zero-order valence-corrected chi connectivity index (χ0v) is 14.9. The van der Waals surface area contributed by atoms with Crippen LogP contribution in [0.2, 0.25) is 0 Å². The maximum Gasteiger partial charge on any atom is 0.414 e. The first-order valence-corrected chi connectivity index (χ1v) is 8.85. The monoisotopic (exact) mass is 358 g/mol. The number of carbonyl (C=O) groups is 1. The predicted octanol–water partition coefficient (Wildman–Crippen LogP) is 5.07. The second-order valence-electron chi connectivity index (χ2n) is 6.38. The smallest absolute Gasteiger partial charge is 0.414 e. The summed E-state index contributed by atoms with van der Waals surface area (Å²) in [7, 11) is 0. The van der Waals surface area contributed by atoms with Gasteiger partial charge in [-0.05, 0) is 28.7 Å². The second-order valence-corrected chi connectivity index (χ2v) is 6.38. The van der Waals surface area contributed by atoms with Crippen molar-refractivity contribution in [1.29, 1.82) is 5.26 Å². The lowest BCUT2D eigenvalue weighted by molar-refractivity contribution is 0.157. The third kappa shape index (κ3) is 2.96. The Hall–Kier alpha value is -3.52. The first-order valence-electron chi connectivity index (χ1n) is 8.85. The van der Waals surface area contributed by atoms with Gasteiger partial charge >= 0.3 is 6.09 Å². The molecule has 4 rings (SSSR count). The van der Waals surface area contributed by atoms with E-state index in [2.05, 4.69) is 35.7 Å². The zero-order chi connectivity index (χ0) is 18.8. The van der Waals surface area contributed by atoms with Crippen LogP contribution in [0.5, 0.6) is 0 Å². The van der Waals surface area contributed by atoms with Gasteiger partial charge in [-0.2, -0.15) is 5.26 Å². The molecule has 1 N–H and O–H groups in total. The molecule has 0 spiro atoms. The van der Waals surface area contributed by atoms with E-state index in [1.54, 1.807) is 0 Å². The highest BCUT2D eigenvalue weighted by atomic mass is 16.6. The molecule has 1 aliphatic rings. The number of amides is 1. The Morgan fingerprint density at radius 2 is 1.78 bits per heavy atom. The maximum absolute atomic E-state index is 12.3. The van der Waals surface area contributed by atoms with Crippen molar-refractivity contribution < 1.29 is 13.9 Å². The third-order valence-electron chi connectivity index (χ3n) is 4.92. The van der Waals surface area contributed by atoms with Gasteiger partial charge in [-0.15, -0.1) is 0 Å². The molecule has 5 nitrogen and oxygen atoms in total. The fourth-order valence-electron chi connectivity index (χ4n) is 3.60. The van der Waals surface area contributed by atoms with Crippen molar-refractivity contribution in [1.82, 2.24) is 0 Å². The molecule has 0 bridgehead atoms. The first kappa shape index (κ1) is 16.9. The van der Waals surface area contributed by atoms with E-state index in [4.69, 9.17) is 9.15 Å². The van der Waals surface area contributed by atoms with E-state index in [-0.39, 0.29) is 18.4 Å². The highest BCUT2D eigenvalue weighted by molar-refractivity contribution is 5.85. The Bertz CT molecular complexity index is 1000. The molecule has 0 unspecified atom stereocenters. The van der Waals surface area contributed by atoms with E-state index in [9.17, 15) is 10.1 Å². The molecule has 5 heteroatoms. The van der Waals surface area contributed by atoms with Crippen LogP contribution in [0.4, 0.5) is 10.7 Å². The molecule has 134 valence electrons. The van der Waals surface area contributed by atoms with E-state index in [0.29, 0.717) is 12.0 Å². The Labute approximate surface area is 157 Å². The quantitative estimate of drug-likeness (QED) is 0.706. The number of benzene rings is 2. The summed E-state index contributed by atoms with van der Waals surface area (Å²) in [4.78, 5) is 12.3. The van der Waals surface area contributed by atoms with Crippen LogP contribution in [-0.2, 0) is 11.2 Å². The van der Waals surface area contributed by atoms with Gasteiger partial charge in [0.15, 0.2) is 0 Å². The van der Waals surface area contributed by atoms with Crippen molar-refractivity contribution in [2.24, 2.45) is 0 Å². The van der Waals surface area contributed by atoms with Gasteiger partial charge in [-0.25, -0.2) is 4.79 Å². The summed E-state index contributed by atoms with van der Waals surface area (Å²) in [5.74, 6) is 0.118. The predicted molar refractivity (Wildman–Crippen MR) is 101 cm³/mol. The second kappa shape index (κ2) is 7.00. The average Bonchev–Trinajstić information content (AvgIpc) is 3.24. The molecular formula is C22H18N2O3. The van der Waals surface area contributed by atoms with Crippen molar-refractivity contribution in [2.45, 2.75) is 19.3 Å². The zero-order valence-electron chi connectivity index (χ0n) is 14.9. The van der Waals surface area contributed by atoms with Gasteiger partial charge in [-0.1, -0.05) is 55.5 Å². The van der Waals surface area contributed by atoms with Crippen LogP contribution in [0, 0.1) is 11.3 Å². The number of anilines is 1. The molecule has 0 saturated carbocycles. The van der Waals surface area contributed by atoms with E-state index < -0.39 is 6.09 Å². The number of nitrogens with one attached hydrogen (secondary N) is 1. The molecular weight excluding hydrogens is 340 g/mol. The highest BCUT2D eigenvalue weighted by Gasteiger charge is 2.29.